The van der Waals surface area contributed by atoms with E-state index in [4.69, 9.17) is 10.7 Å². The highest BCUT2D eigenvalue weighted by atomic mass is 32.1. The van der Waals surface area contributed by atoms with E-state index < -0.39 is 0 Å². The van der Waals surface area contributed by atoms with Gasteiger partial charge in [-0.25, -0.2) is 4.98 Å². The van der Waals surface area contributed by atoms with Gasteiger partial charge in [0.25, 0.3) is 0 Å². The van der Waals surface area contributed by atoms with Gasteiger partial charge in [0.2, 0.25) is 0 Å². The van der Waals surface area contributed by atoms with Gasteiger partial charge in [0.15, 0.2) is 0 Å². The molecule has 0 radical (unpaired) electrons. The molecule has 0 fully saturated rings. The molecule has 3 heteroatoms. The van der Waals surface area contributed by atoms with Crippen molar-refractivity contribution in [3.63, 3.8) is 0 Å². The number of thiazole rings is 1. The van der Waals surface area contributed by atoms with E-state index in [-0.39, 0.29) is 0 Å². The van der Waals surface area contributed by atoms with Crippen molar-refractivity contribution in [1.29, 1.82) is 0 Å². The largest absolute Gasteiger partial charge is 0.330 e. The Labute approximate surface area is 107 Å². The number of rotatable bonds is 4. The lowest BCUT2D eigenvalue weighted by Crippen LogP contribution is -2.02. The molecule has 2 N–H and O–H groups in total. The summed E-state index contributed by atoms with van der Waals surface area (Å²) in [4.78, 5) is 6.02. The molecule has 0 aliphatic heterocycles. The summed E-state index contributed by atoms with van der Waals surface area (Å²) < 4.78 is 0. The molecular weight excluding hydrogens is 228 g/mol. The molecule has 1 aromatic heterocycles. The Bertz CT molecular complexity index is 485. The first-order valence-corrected chi connectivity index (χ1v) is 6.82. The first-order chi connectivity index (χ1) is 8.24. The Morgan fingerprint density at radius 1 is 1.24 bits per heavy atom. The summed E-state index contributed by atoms with van der Waals surface area (Å²) in [5.74, 6) is 0. The minimum Gasteiger partial charge on any atom is -0.330 e. The fourth-order valence-corrected chi connectivity index (χ4v) is 2.83. The molecule has 2 rings (SSSR count). The molecule has 0 aliphatic rings. The lowest BCUT2D eigenvalue weighted by molar-refractivity contribution is 0.985. The molecule has 0 amide bonds. The predicted molar refractivity (Wildman–Crippen MR) is 74.4 cm³/mol. The van der Waals surface area contributed by atoms with E-state index in [0.29, 0.717) is 6.54 Å². The molecule has 2 aromatic rings. The van der Waals surface area contributed by atoms with Gasteiger partial charge in [-0.05, 0) is 26.3 Å². The Kier molecular flexibility index (Phi) is 3.92. The average Bonchev–Trinajstić information content (AvgIpc) is 2.74. The number of nitrogens with two attached hydrogens (primary N) is 1. The summed E-state index contributed by atoms with van der Waals surface area (Å²) in [6, 6.07) is 8.55. The third-order valence-electron chi connectivity index (χ3n) is 2.74. The number of nitrogens with zero attached hydrogens (tertiary/aromatic N) is 1. The number of aryl methyl sites for hydroxylation is 2. The van der Waals surface area contributed by atoms with Crippen LogP contribution in [0.5, 0.6) is 0 Å². The van der Waals surface area contributed by atoms with E-state index >= 15 is 0 Å². The SMILES string of the molecule is CCc1nc(-c2ccc(C)cc2)c(CCN)s1. The lowest BCUT2D eigenvalue weighted by atomic mass is 10.1. The Morgan fingerprint density at radius 2 is 1.94 bits per heavy atom. The summed E-state index contributed by atoms with van der Waals surface area (Å²) in [6.45, 7) is 4.93. The molecule has 1 heterocycles. The monoisotopic (exact) mass is 246 g/mol. The summed E-state index contributed by atoms with van der Waals surface area (Å²) >= 11 is 1.79. The van der Waals surface area contributed by atoms with Crippen LogP contribution in [0, 0.1) is 6.92 Å². The number of hydrogen-bond acceptors (Lipinski definition) is 3. The van der Waals surface area contributed by atoms with Crippen LogP contribution in [0.25, 0.3) is 11.3 Å². The van der Waals surface area contributed by atoms with Gasteiger partial charge in [0, 0.05) is 10.4 Å². The predicted octanol–water partition coefficient (Wildman–Crippen LogP) is 3.18. The van der Waals surface area contributed by atoms with Crippen LogP contribution in [0.3, 0.4) is 0 Å². The smallest absolute Gasteiger partial charge is 0.0932 e. The van der Waals surface area contributed by atoms with Crippen LogP contribution < -0.4 is 5.73 Å². The van der Waals surface area contributed by atoms with E-state index in [1.807, 2.05) is 0 Å². The Hall–Kier alpha value is -1.19. The van der Waals surface area contributed by atoms with Crippen molar-refractivity contribution in [3.05, 3.63) is 39.7 Å². The summed E-state index contributed by atoms with van der Waals surface area (Å²) in [5.41, 5.74) is 9.27. The van der Waals surface area contributed by atoms with Gasteiger partial charge in [0.05, 0.1) is 10.7 Å². The fraction of sp³-hybridized carbons (Fsp3) is 0.357. The average molecular weight is 246 g/mol. The van der Waals surface area contributed by atoms with Gasteiger partial charge in [-0.2, -0.15) is 0 Å². The molecule has 0 atom stereocenters. The lowest BCUT2D eigenvalue weighted by Gasteiger charge is -2.01. The number of hydrogen-bond donors (Lipinski definition) is 1. The summed E-state index contributed by atoms with van der Waals surface area (Å²) in [7, 11) is 0. The molecule has 0 saturated carbocycles. The second kappa shape index (κ2) is 5.43. The van der Waals surface area contributed by atoms with Gasteiger partial charge in [-0.3, -0.25) is 0 Å². The van der Waals surface area contributed by atoms with Crippen LogP contribution in [0.2, 0.25) is 0 Å². The minimum atomic E-state index is 0.685. The van der Waals surface area contributed by atoms with Crippen LogP contribution in [0.1, 0.15) is 22.4 Å². The maximum absolute atomic E-state index is 5.66. The van der Waals surface area contributed by atoms with Crippen molar-refractivity contribution in [2.45, 2.75) is 26.7 Å². The Balaban J connectivity index is 2.42. The van der Waals surface area contributed by atoms with Gasteiger partial charge in [0.1, 0.15) is 0 Å². The highest BCUT2D eigenvalue weighted by Crippen LogP contribution is 2.29. The van der Waals surface area contributed by atoms with Crippen molar-refractivity contribution in [1.82, 2.24) is 4.98 Å². The second-order valence-corrected chi connectivity index (χ2v) is 5.31. The second-order valence-electron chi connectivity index (χ2n) is 4.14. The Morgan fingerprint density at radius 3 is 2.53 bits per heavy atom. The van der Waals surface area contributed by atoms with Crippen molar-refractivity contribution >= 4 is 11.3 Å². The van der Waals surface area contributed by atoms with E-state index in [0.717, 1.165) is 18.5 Å². The molecule has 2 nitrogen and oxygen atoms in total. The topological polar surface area (TPSA) is 38.9 Å². The first-order valence-electron chi connectivity index (χ1n) is 6.00. The molecule has 0 spiro atoms. The molecule has 0 unspecified atom stereocenters. The fourth-order valence-electron chi connectivity index (χ4n) is 1.79. The maximum atomic E-state index is 5.66. The molecule has 17 heavy (non-hydrogen) atoms. The number of aromatic nitrogens is 1. The molecule has 0 aliphatic carbocycles. The minimum absolute atomic E-state index is 0.685. The van der Waals surface area contributed by atoms with Crippen molar-refractivity contribution in [2.75, 3.05) is 6.54 Å². The van der Waals surface area contributed by atoms with Gasteiger partial charge in [-0.15, -0.1) is 11.3 Å². The van der Waals surface area contributed by atoms with Gasteiger partial charge < -0.3 is 5.73 Å². The van der Waals surface area contributed by atoms with Gasteiger partial charge >= 0.3 is 0 Å². The zero-order valence-corrected chi connectivity index (χ0v) is 11.2. The van der Waals surface area contributed by atoms with Crippen LogP contribution in [0.15, 0.2) is 24.3 Å². The molecular formula is C14H18N2S. The van der Waals surface area contributed by atoms with Crippen LogP contribution in [-0.2, 0) is 12.8 Å². The zero-order chi connectivity index (χ0) is 12.3. The van der Waals surface area contributed by atoms with E-state index in [2.05, 4.69) is 38.1 Å². The maximum Gasteiger partial charge on any atom is 0.0932 e. The van der Waals surface area contributed by atoms with Crippen LogP contribution in [-0.4, -0.2) is 11.5 Å². The third-order valence-corrected chi connectivity index (χ3v) is 4.00. The van der Waals surface area contributed by atoms with Crippen LogP contribution in [0.4, 0.5) is 0 Å². The standard InChI is InChI=1S/C14H18N2S/c1-3-13-16-14(12(17-13)8-9-15)11-6-4-10(2)5-7-11/h4-7H,3,8-9,15H2,1-2H3. The quantitative estimate of drug-likeness (QED) is 0.900. The first kappa shape index (κ1) is 12.3. The highest BCUT2D eigenvalue weighted by molar-refractivity contribution is 7.12. The van der Waals surface area contributed by atoms with Crippen molar-refractivity contribution in [2.24, 2.45) is 5.73 Å². The normalized spacial score (nSPS) is 10.8. The van der Waals surface area contributed by atoms with Crippen LogP contribution >= 0.6 is 11.3 Å². The molecule has 0 saturated heterocycles. The van der Waals surface area contributed by atoms with Crippen molar-refractivity contribution < 1.29 is 0 Å². The summed E-state index contributed by atoms with van der Waals surface area (Å²) in [5, 5.41) is 1.20. The highest BCUT2D eigenvalue weighted by Gasteiger charge is 2.11. The molecule has 1 aromatic carbocycles. The molecule has 90 valence electrons. The van der Waals surface area contributed by atoms with Crippen molar-refractivity contribution in [3.8, 4) is 11.3 Å². The molecule has 0 bridgehead atoms. The van der Waals surface area contributed by atoms with E-state index in [9.17, 15) is 0 Å². The number of benzene rings is 1. The van der Waals surface area contributed by atoms with E-state index in [1.54, 1.807) is 11.3 Å². The summed E-state index contributed by atoms with van der Waals surface area (Å²) in [6.07, 6.45) is 1.91. The van der Waals surface area contributed by atoms with E-state index in [1.165, 1.54) is 21.0 Å². The third kappa shape index (κ3) is 2.73. The van der Waals surface area contributed by atoms with Gasteiger partial charge in [-0.1, -0.05) is 36.8 Å². The zero-order valence-electron chi connectivity index (χ0n) is 10.4.